The number of hydrogen-bond donors (Lipinski definition) is 1. The topological polar surface area (TPSA) is 69.6 Å². The number of amides is 1. The number of likely N-dealkylation sites (tertiary alicyclic amines) is 1. The summed E-state index contributed by atoms with van der Waals surface area (Å²) in [5, 5.41) is 3.40. The van der Waals surface area contributed by atoms with Crippen LogP contribution in [0.25, 0.3) is 0 Å². The molecule has 0 aliphatic carbocycles. The van der Waals surface area contributed by atoms with E-state index in [1.54, 1.807) is 4.90 Å². The van der Waals surface area contributed by atoms with E-state index in [0.29, 0.717) is 25.7 Å². The number of nitrogens with zero attached hydrogens (tertiary/aromatic N) is 4. The summed E-state index contributed by atoms with van der Waals surface area (Å²) in [6.07, 6.45) is 0.884. The predicted octanol–water partition coefficient (Wildman–Crippen LogP) is 1.84. The molecule has 0 spiro atoms. The number of rotatable bonds is 5. The zero-order valence-corrected chi connectivity index (χ0v) is 20.4. The molecule has 2 heterocycles. The van der Waals surface area contributed by atoms with E-state index in [1.165, 1.54) is 0 Å². The van der Waals surface area contributed by atoms with Gasteiger partial charge in [-0.25, -0.2) is 4.79 Å². The Morgan fingerprint density at radius 2 is 1.96 bits per heavy atom. The third-order valence-electron chi connectivity index (χ3n) is 4.94. The quantitative estimate of drug-likeness (QED) is 0.345. The minimum Gasteiger partial charge on any atom is -0.444 e. The molecule has 2 aliphatic heterocycles. The van der Waals surface area contributed by atoms with Crippen molar-refractivity contribution in [3.63, 3.8) is 0 Å². The Hall–Kier alpha value is -0.810. The Labute approximate surface area is 187 Å². The van der Waals surface area contributed by atoms with Gasteiger partial charge < -0.3 is 24.6 Å². The summed E-state index contributed by atoms with van der Waals surface area (Å²) in [6.45, 7) is 15.2. The molecule has 2 saturated heterocycles. The molecule has 1 atom stereocenters. The molecule has 2 fully saturated rings. The van der Waals surface area contributed by atoms with Crippen LogP contribution in [0.2, 0.25) is 0 Å². The molecule has 2 aliphatic rings. The van der Waals surface area contributed by atoms with Crippen LogP contribution in [0.5, 0.6) is 0 Å². The second-order valence-corrected chi connectivity index (χ2v) is 8.07. The van der Waals surface area contributed by atoms with Crippen molar-refractivity contribution in [2.24, 2.45) is 4.99 Å². The maximum absolute atomic E-state index is 12.2. The molecule has 0 aromatic rings. The van der Waals surface area contributed by atoms with E-state index < -0.39 is 5.60 Å². The highest BCUT2D eigenvalue weighted by Gasteiger charge is 2.30. The van der Waals surface area contributed by atoms with Gasteiger partial charge in [0.15, 0.2) is 5.96 Å². The largest absolute Gasteiger partial charge is 0.444 e. The molecule has 2 rings (SSSR count). The first-order valence-corrected chi connectivity index (χ1v) is 10.1. The lowest BCUT2D eigenvalue weighted by molar-refractivity contribution is 0.0194. The van der Waals surface area contributed by atoms with Gasteiger partial charge in [-0.15, -0.1) is 24.0 Å². The van der Waals surface area contributed by atoms with Crippen molar-refractivity contribution in [2.45, 2.75) is 45.8 Å². The number of carbonyl (C=O) groups is 1. The van der Waals surface area contributed by atoms with Gasteiger partial charge in [-0.3, -0.25) is 9.89 Å². The standard InChI is InChI=1S/C19H37N5O3.HI/c1-6-22(18(25)27-19(2,3)4)10-8-21-17(20-5)24-9-7-16(15-24)23-11-13-26-14-12-23;/h16H,6-15H2,1-5H3,(H,20,21);1H. The lowest BCUT2D eigenvalue weighted by Crippen LogP contribution is -2.48. The lowest BCUT2D eigenvalue weighted by atomic mass is 10.2. The van der Waals surface area contributed by atoms with Crippen molar-refractivity contribution in [1.29, 1.82) is 0 Å². The molecular formula is C19H38IN5O3. The van der Waals surface area contributed by atoms with Crippen LogP contribution in [0.15, 0.2) is 4.99 Å². The van der Waals surface area contributed by atoms with Crippen LogP contribution in [-0.4, -0.2) is 104 Å². The number of halogens is 1. The number of aliphatic imine (C=N–C) groups is 1. The molecule has 0 aromatic heterocycles. The summed E-state index contributed by atoms with van der Waals surface area (Å²) in [4.78, 5) is 23.2. The summed E-state index contributed by atoms with van der Waals surface area (Å²) in [5.74, 6) is 0.908. The molecule has 1 amide bonds. The maximum atomic E-state index is 12.2. The van der Waals surface area contributed by atoms with E-state index in [1.807, 2.05) is 34.7 Å². The van der Waals surface area contributed by atoms with Gasteiger partial charge in [-0.05, 0) is 34.1 Å². The molecule has 0 saturated carbocycles. The molecule has 8 nitrogen and oxygen atoms in total. The average molecular weight is 511 g/mol. The van der Waals surface area contributed by atoms with Crippen molar-refractivity contribution in [1.82, 2.24) is 20.0 Å². The normalized spacial score (nSPS) is 21.2. The van der Waals surface area contributed by atoms with Gasteiger partial charge in [-0.2, -0.15) is 0 Å². The second kappa shape index (κ2) is 12.0. The molecule has 0 aromatic carbocycles. The van der Waals surface area contributed by atoms with E-state index in [-0.39, 0.29) is 30.1 Å². The van der Waals surface area contributed by atoms with Crippen LogP contribution in [0, 0.1) is 0 Å². The Balaban J connectivity index is 0.00000392. The van der Waals surface area contributed by atoms with Crippen LogP contribution in [0.3, 0.4) is 0 Å². The van der Waals surface area contributed by atoms with Gasteiger partial charge in [0, 0.05) is 58.9 Å². The lowest BCUT2D eigenvalue weighted by Gasteiger charge is -2.32. The molecule has 28 heavy (non-hydrogen) atoms. The van der Waals surface area contributed by atoms with Crippen molar-refractivity contribution >= 4 is 36.0 Å². The zero-order chi connectivity index (χ0) is 19.9. The third kappa shape index (κ3) is 7.90. The number of hydrogen-bond acceptors (Lipinski definition) is 5. The summed E-state index contributed by atoms with van der Waals surface area (Å²) in [5.41, 5.74) is -0.474. The number of guanidine groups is 1. The summed E-state index contributed by atoms with van der Waals surface area (Å²) in [7, 11) is 1.82. The van der Waals surface area contributed by atoms with Gasteiger partial charge in [-0.1, -0.05) is 0 Å². The highest BCUT2D eigenvalue weighted by atomic mass is 127. The van der Waals surface area contributed by atoms with Gasteiger partial charge >= 0.3 is 6.09 Å². The Morgan fingerprint density at radius 3 is 2.54 bits per heavy atom. The Morgan fingerprint density at radius 1 is 1.29 bits per heavy atom. The van der Waals surface area contributed by atoms with Crippen LogP contribution >= 0.6 is 24.0 Å². The van der Waals surface area contributed by atoms with Gasteiger partial charge in [0.1, 0.15) is 5.60 Å². The first-order valence-electron chi connectivity index (χ1n) is 10.1. The van der Waals surface area contributed by atoms with Crippen molar-refractivity contribution in [3.8, 4) is 0 Å². The molecule has 1 N–H and O–H groups in total. The second-order valence-electron chi connectivity index (χ2n) is 8.07. The fraction of sp³-hybridized carbons (Fsp3) is 0.895. The number of likely N-dealkylation sites (N-methyl/N-ethyl adjacent to an activating group) is 1. The molecule has 0 radical (unpaired) electrons. The van der Waals surface area contributed by atoms with Crippen LogP contribution in [-0.2, 0) is 9.47 Å². The van der Waals surface area contributed by atoms with Crippen LogP contribution < -0.4 is 5.32 Å². The maximum Gasteiger partial charge on any atom is 0.410 e. The first kappa shape index (κ1) is 25.2. The molecule has 0 bridgehead atoms. The van der Waals surface area contributed by atoms with Gasteiger partial charge in [0.05, 0.1) is 13.2 Å². The van der Waals surface area contributed by atoms with E-state index in [0.717, 1.165) is 51.8 Å². The SMILES string of the molecule is CCN(CCNC(=NC)N1CCC(N2CCOCC2)C1)C(=O)OC(C)(C)C.I. The monoisotopic (exact) mass is 511 g/mol. The molecule has 9 heteroatoms. The van der Waals surface area contributed by atoms with Crippen molar-refractivity contribution in [2.75, 3.05) is 66.1 Å². The minimum absolute atomic E-state index is 0. The highest BCUT2D eigenvalue weighted by molar-refractivity contribution is 14.0. The highest BCUT2D eigenvalue weighted by Crippen LogP contribution is 2.17. The number of morpholine rings is 1. The van der Waals surface area contributed by atoms with E-state index in [9.17, 15) is 4.79 Å². The fourth-order valence-corrected chi connectivity index (χ4v) is 3.51. The summed E-state index contributed by atoms with van der Waals surface area (Å²) < 4.78 is 10.9. The number of nitrogens with one attached hydrogen (secondary N) is 1. The van der Waals surface area contributed by atoms with Crippen molar-refractivity contribution in [3.05, 3.63) is 0 Å². The first-order chi connectivity index (χ1) is 12.8. The average Bonchev–Trinajstić information content (AvgIpc) is 3.11. The Bertz CT molecular complexity index is 506. The van der Waals surface area contributed by atoms with Gasteiger partial charge in [0.2, 0.25) is 0 Å². The molecule has 164 valence electrons. The summed E-state index contributed by atoms with van der Waals surface area (Å²) in [6, 6.07) is 0.571. The fourth-order valence-electron chi connectivity index (χ4n) is 3.51. The third-order valence-corrected chi connectivity index (χ3v) is 4.94. The number of ether oxygens (including phenoxy) is 2. The van der Waals surface area contributed by atoms with E-state index in [4.69, 9.17) is 9.47 Å². The minimum atomic E-state index is -0.474. The molecular weight excluding hydrogens is 473 g/mol. The number of carbonyl (C=O) groups excluding carboxylic acids is 1. The molecule has 1 unspecified atom stereocenters. The summed E-state index contributed by atoms with van der Waals surface area (Å²) >= 11 is 0. The zero-order valence-electron chi connectivity index (χ0n) is 18.1. The van der Waals surface area contributed by atoms with Crippen LogP contribution in [0.1, 0.15) is 34.1 Å². The van der Waals surface area contributed by atoms with Crippen molar-refractivity contribution < 1.29 is 14.3 Å². The van der Waals surface area contributed by atoms with Gasteiger partial charge in [0.25, 0.3) is 0 Å². The predicted molar refractivity (Wildman–Crippen MR) is 123 cm³/mol. The van der Waals surface area contributed by atoms with E-state index in [2.05, 4.69) is 20.1 Å². The Kier molecular flexibility index (Phi) is 10.8. The van der Waals surface area contributed by atoms with Crippen LogP contribution in [0.4, 0.5) is 4.79 Å². The smallest absolute Gasteiger partial charge is 0.410 e. The van der Waals surface area contributed by atoms with E-state index >= 15 is 0 Å².